The van der Waals surface area contributed by atoms with Crippen LogP contribution >= 0.6 is 0 Å². The summed E-state index contributed by atoms with van der Waals surface area (Å²) in [6, 6.07) is 7.16. The van der Waals surface area contributed by atoms with E-state index in [-0.39, 0.29) is 5.82 Å². The van der Waals surface area contributed by atoms with Crippen LogP contribution in [0.1, 0.15) is 24.5 Å². The number of H-pyrrole nitrogens is 1. The van der Waals surface area contributed by atoms with E-state index >= 15 is 0 Å². The lowest BCUT2D eigenvalue weighted by Crippen LogP contribution is -2.14. The zero-order chi connectivity index (χ0) is 13.7. The Morgan fingerprint density at radius 1 is 1.47 bits per heavy atom. The van der Waals surface area contributed by atoms with Crippen molar-refractivity contribution in [2.75, 3.05) is 11.9 Å². The third-order valence-electron chi connectivity index (χ3n) is 2.22. The number of ether oxygens (including phenoxy) is 1. The molecule has 19 heavy (non-hydrogen) atoms. The quantitative estimate of drug-likeness (QED) is 0.850. The number of amides is 1. The Bertz CT molecular complexity index is 539. The molecule has 0 saturated carbocycles. The second kappa shape index (κ2) is 5.94. The van der Waals surface area contributed by atoms with Gasteiger partial charge in [0.2, 0.25) is 0 Å². The molecule has 0 aliphatic rings. The molecular formula is C12H15N5O2. The summed E-state index contributed by atoms with van der Waals surface area (Å²) in [5.41, 5.74) is 0.621. The number of nitrogens with one attached hydrogen (secondary N) is 2. The maximum atomic E-state index is 11.7. The van der Waals surface area contributed by atoms with E-state index in [9.17, 15) is 4.79 Å². The van der Waals surface area contributed by atoms with Crippen molar-refractivity contribution >= 4 is 11.6 Å². The van der Waals surface area contributed by atoms with E-state index in [1.807, 2.05) is 12.1 Å². The number of aromatic amines is 1. The van der Waals surface area contributed by atoms with Crippen molar-refractivity contribution in [1.82, 2.24) is 20.6 Å². The Labute approximate surface area is 110 Å². The van der Waals surface area contributed by atoms with E-state index in [0.717, 1.165) is 0 Å². The van der Waals surface area contributed by atoms with Gasteiger partial charge in [0.05, 0.1) is 6.61 Å². The number of hydrogen-bond acceptors (Lipinski definition) is 5. The van der Waals surface area contributed by atoms with Crippen LogP contribution in [-0.4, -0.2) is 33.1 Å². The fraction of sp³-hybridized carbons (Fsp3) is 0.333. The van der Waals surface area contributed by atoms with Gasteiger partial charge in [0, 0.05) is 11.8 Å². The Balaban J connectivity index is 2.01. The van der Waals surface area contributed by atoms with Gasteiger partial charge in [-0.15, -0.1) is 10.2 Å². The smallest absolute Gasteiger partial charge is 0.297 e. The minimum absolute atomic E-state index is 0.00602. The Kier molecular flexibility index (Phi) is 4.07. The molecule has 1 aromatic carbocycles. The first-order valence-corrected chi connectivity index (χ1v) is 5.93. The van der Waals surface area contributed by atoms with Crippen LogP contribution in [0.5, 0.6) is 5.75 Å². The minimum atomic E-state index is -0.422. The molecule has 0 unspecified atom stereocenters. The fourth-order valence-electron chi connectivity index (χ4n) is 1.37. The molecule has 0 fully saturated rings. The standard InChI is InChI=1S/C12H15N5O2/c1-8(2)7-19-10-5-3-4-9(6-10)13-12(18)11-14-16-17-15-11/h3-6,8H,7H2,1-2H3,(H,13,18)(H,14,15,16,17). The molecule has 0 radical (unpaired) electrons. The summed E-state index contributed by atoms with van der Waals surface area (Å²) < 4.78 is 5.58. The molecule has 0 spiro atoms. The van der Waals surface area contributed by atoms with Gasteiger partial charge < -0.3 is 10.1 Å². The summed E-state index contributed by atoms with van der Waals surface area (Å²) in [4.78, 5) is 11.7. The highest BCUT2D eigenvalue weighted by atomic mass is 16.5. The van der Waals surface area contributed by atoms with Crippen LogP contribution in [0.2, 0.25) is 0 Å². The van der Waals surface area contributed by atoms with Crippen molar-refractivity contribution in [2.45, 2.75) is 13.8 Å². The number of tetrazole rings is 1. The molecular weight excluding hydrogens is 246 g/mol. The average molecular weight is 261 g/mol. The van der Waals surface area contributed by atoms with E-state index in [1.165, 1.54) is 0 Å². The average Bonchev–Trinajstić information content (AvgIpc) is 2.91. The predicted molar refractivity (Wildman–Crippen MR) is 68.9 cm³/mol. The number of anilines is 1. The van der Waals surface area contributed by atoms with E-state index in [4.69, 9.17) is 4.74 Å². The molecule has 0 atom stereocenters. The zero-order valence-electron chi connectivity index (χ0n) is 10.8. The van der Waals surface area contributed by atoms with E-state index < -0.39 is 5.91 Å². The summed E-state index contributed by atoms with van der Waals surface area (Å²) in [5.74, 6) is 0.723. The summed E-state index contributed by atoms with van der Waals surface area (Å²) in [6.45, 7) is 4.77. The zero-order valence-corrected chi connectivity index (χ0v) is 10.8. The van der Waals surface area contributed by atoms with E-state index in [2.05, 4.69) is 39.8 Å². The first-order chi connectivity index (χ1) is 9.15. The molecule has 0 aliphatic carbocycles. The fourth-order valence-corrected chi connectivity index (χ4v) is 1.37. The molecule has 1 amide bonds. The van der Waals surface area contributed by atoms with Crippen molar-refractivity contribution < 1.29 is 9.53 Å². The molecule has 7 heteroatoms. The van der Waals surface area contributed by atoms with Gasteiger partial charge in [-0.3, -0.25) is 4.79 Å². The third kappa shape index (κ3) is 3.77. The molecule has 0 saturated heterocycles. The minimum Gasteiger partial charge on any atom is -0.493 e. The highest BCUT2D eigenvalue weighted by Gasteiger charge is 2.11. The van der Waals surface area contributed by atoms with Crippen LogP contribution in [0.3, 0.4) is 0 Å². The molecule has 1 aromatic heterocycles. The van der Waals surface area contributed by atoms with Crippen molar-refractivity contribution in [3.63, 3.8) is 0 Å². The molecule has 7 nitrogen and oxygen atoms in total. The summed E-state index contributed by atoms with van der Waals surface area (Å²) in [5, 5.41) is 15.4. The van der Waals surface area contributed by atoms with Crippen LogP contribution in [0.4, 0.5) is 5.69 Å². The lowest BCUT2D eigenvalue weighted by molar-refractivity contribution is 0.101. The molecule has 2 rings (SSSR count). The van der Waals surface area contributed by atoms with Gasteiger partial charge in [0.1, 0.15) is 5.75 Å². The molecule has 2 N–H and O–H groups in total. The third-order valence-corrected chi connectivity index (χ3v) is 2.22. The maximum Gasteiger partial charge on any atom is 0.297 e. The monoisotopic (exact) mass is 261 g/mol. The number of hydrogen-bond donors (Lipinski definition) is 2. The Hall–Kier alpha value is -2.44. The highest BCUT2D eigenvalue weighted by molar-refractivity contribution is 6.01. The van der Waals surface area contributed by atoms with Gasteiger partial charge in [-0.25, -0.2) is 0 Å². The van der Waals surface area contributed by atoms with Crippen molar-refractivity contribution in [3.8, 4) is 5.75 Å². The number of nitrogens with zero attached hydrogens (tertiary/aromatic N) is 3. The van der Waals surface area contributed by atoms with Crippen molar-refractivity contribution in [3.05, 3.63) is 30.1 Å². The van der Waals surface area contributed by atoms with Crippen molar-refractivity contribution in [1.29, 1.82) is 0 Å². The van der Waals surface area contributed by atoms with Crippen LogP contribution in [0, 0.1) is 5.92 Å². The first-order valence-electron chi connectivity index (χ1n) is 5.93. The molecule has 2 aromatic rings. The van der Waals surface area contributed by atoms with E-state index in [1.54, 1.807) is 12.1 Å². The second-order valence-electron chi connectivity index (χ2n) is 4.42. The SMILES string of the molecule is CC(C)COc1cccc(NC(=O)c2nn[nH]n2)c1. The Morgan fingerprint density at radius 3 is 3.00 bits per heavy atom. The summed E-state index contributed by atoms with van der Waals surface area (Å²) in [7, 11) is 0. The lowest BCUT2D eigenvalue weighted by Gasteiger charge is -2.10. The summed E-state index contributed by atoms with van der Waals surface area (Å²) >= 11 is 0. The maximum absolute atomic E-state index is 11.7. The van der Waals surface area contributed by atoms with Gasteiger partial charge in [-0.05, 0) is 23.3 Å². The largest absolute Gasteiger partial charge is 0.493 e. The number of aromatic nitrogens is 4. The number of rotatable bonds is 5. The van der Waals surface area contributed by atoms with Gasteiger partial charge in [0.15, 0.2) is 0 Å². The Morgan fingerprint density at radius 2 is 2.32 bits per heavy atom. The number of carbonyl (C=O) groups excluding carboxylic acids is 1. The number of carbonyl (C=O) groups is 1. The predicted octanol–water partition coefficient (Wildman–Crippen LogP) is 1.49. The lowest BCUT2D eigenvalue weighted by atomic mass is 10.2. The first kappa shape index (κ1) is 13.0. The normalized spacial score (nSPS) is 10.5. The van der Waals surface area contributed by atoms with Gasteiger partial charge in [0.25, 0.3) is 11.7 Å². The second-order valence-corrected chi connectivity index (χ2v) is 4.42. The van der Waals surface area contributed by atoms with Gasteiger partial charge >= 0.3 is 0 Å². The topological polar surface area (TPSA) is 92.8 Å². The number of benzene rings is 1. The molecule has 0 aliphatic heterocycles. The highest BCUT2D eigenvalue weighted by Crippen LogP contribution is 2.18. The van der Waals surface area contributed by atoms with Crippen molar-refractivity contribution in [2.24, 2.45) is 5.92 Å². The van der Waals surface area contributed by atoms with E-state index in [0.29, 0.717) is 24.0 Å². The molecule has 100 valence electrons. The van der Waals surface area contributed by atoms with Gasteiger partial charge in [-0.2, -0.15) is 5.21 Å². The van der Waals surface area contributed by atoms with Crippen LogP contribution in [0.15, 0.2) is 24.3 Å². The summed E-state index contributed by atoms with van der Waals surface area (Å²) in [6.07, 6.45) is 0. The van der Waals surface area contributed by atoms with Crippen LogP contribution < -0.4 is 10.1 Å². The van der Waals surface area contributed by atoms with Crippen LogP contribution in [-0.2, 0) is 0 Å². The van der Waals surface area contributed by atoms with Crippen LogP contribution in [0.25, 0.3) is 0 Å². The molecule has 0 bridgehead atoms. The molecule has 1 heterocycles. The van der Waals surface area contributed by atoms with Gasteiger partial charge in [-0.1, -0.05) is 19.9 Å².